The van der Waals surface area contributed by atoms with Crippen LogP contribution in [0, 0.1) is 17.8 Å². The Balaban J connectivity index is 1.54. The standard InChI is InChI=1S/C22H38O/c1-3-5-7-19-8-10-20(11-9-19)12-13-21-14-16-22(17-15-21)23-18-6-4-2/h4-5,7,19-22H,2-3,6,8-18H2,1H3. The Morgan fingerprint density at radius 3 is 2.09 bits per heavy atom. The van der Waals surface area contributed by atoms with Gasteiger partial charge >= 0.3 is 0 Å². The van der Waals surface area contributed by atoms with Crippen LogP contribution in [0.5, 0.6) is 0 Å². The summed E-state index contributed by atoms with van der Waals surface area (Å²) < 4.78 is 5.93. The summed E-state index contributed by atoms with van der Waals surface area (Å²) in [5.74, 6) is 2.88. The molecule has 0 spiro atoms. The van der Waals surface area contributed by atoms with E-state index in [9.17, 15) is 0 Å². The minimum Gasteiger partial charge on any atom is -0.378 e. The van der Waals surface area contributed by atoms with E-state index in [4.69, 9.17) is 4.74 Å². The second kappa shape index (κ2) is 11.1. The third-order valence-electron chi connectivity index (χ3n) is 5.99. The molecule has 2 aliphatic carbocycles. The Hall–Kier alpha value is -0.560. The zero-order chi connectivity index (χ0) is 16.3. The zero-order valence-electron chi connectivity index (χ0n) is 15.3. The van der Waals surface area contributed by atoms with Gasteiger partial charge in [0, 0.05) is 0 Å². The van der Waals surface area contributed by atoms with E-state index in [0.29, 0.717) is 6.10 Å². The van der Waals surface area contributed by atoms with Gasteiger partial charge in [-0.15, -0.1) is 6.58 Å². The third kappa shape index (κ3) is 7.25. The summed E-state index contributed by atoms with van der Waals surface area (Å²) in [6, 6.07) is 0. The van der Waals surface area contributed by atoms with E-state index in [1.54, 1.807) is 0 Å². The Bertz CT molecular complexity index is 330. The maximum atomic E-state index is 5.93. The number of ether oxygens (including phenoxy) is 1. The SMILES string of the molecule is C=CCCOC1CCC(CCC2CCC(C=CCC)CC2)CC1. The van der Waals surface area contributed by atoms with Crippen molar-refractivity contribution in [3.63, 3.8) is 0 Å². The molecule has 0 unspecified atom stereocenters. The zero-order valence-corrected chi connectivity index (χ0v) is 15.3. The highest BCUT2D eigenvalue weighted by molar-refractivity contribution is 4.90. The smallest absolute Gasteiger partial charge is 0.0575 e. The van der Waals surface area contributed by atoms with Gasteiger partial charge in [0.05, 0.1) is 12.7 Å². The summed E-state index contributed by atoms with van der Waals surface area (Å²) >= 11 is 0. The van der Waals surface area contributed by atoms with E-state index >= 15 is 0 Å². The van der Waals surface area contributed by atoms with E-state index < -0.39 is 0 Å². The van der Waals surface area contributed by atoms with Gasteiger partial charge in [-0.05, 0) is 82.0 Å². The van der Waals surface area contributed by atoms with Crippen molar-refractivity contribution >= 4 is 0 Å². The van der Waals surface area contributed by atoms with E-state index in [1.165, 1.54) is 70.6 Å². The van der Waals surface area contributed by atoms with Gasteiger partial charge in [0.1, 0.15) is 0 Å². The van der Waals surface area contributed by atoms with Crippen molar-refractivity contribution in [1.82, 2.24) is 0 Å². The summed E-state index contributed by atoms with van der Waals surface area (Å²) in [6.07, 6.45) is 23.7. The van der Waals surface area contributed by atoms with Crippen LogP contribution >= 0.6 is 0 Å². The van der Waals surface area contributed by atoms with Gasteiger partial charge in [-0.25, -0.2) is 0 Å². The van der Waals surface area contributed by atoms with Crippen LogP contribution < -0.4 is 0 Å². The highest BCUT2D eigenvalue weighted by Gasteiger charge is 2.24. The summed E-state index contributed by atoms with van der Waals surface area (Å²) in [5, 5.41) is 0. The van der Waals surface area contributed by atoms with Crippen LogP contribution in [0.4, 0.5) is 0 Å². The molecule has 2 fully saturated rings. The third-order valence-corrected chi connectivity index (χ3v) is 5.99. The van der Waals surface area contributed by atoms with Crippen LogP contribution in [0.15, 0.2) is 24.8 Å². The van der Waals surface area contributed by atoms with Crippen LogP contribution in [0.25, 0.3) is 0 Å². The molecule has 1 nitrogen and oxygen atoms in total. The molecule has 0 heterocycles. The minimum atomic E-state index is 0.534. The molecule has 0 radical (unpaired) electrons. The first-order valence-corrected chi connectivity index (χ1v) is 10.2. The molecule has 2 rings (SSSR count). The van der Waals surface area contributed by atoms with Crippen molar-refractivity contribution in [3.05, 3.63) is 24.8 Å². The molecule has 0 aliphatic heterocycles. The van der Waals surface area contributed by atoms with E-state index in [2.05, 4.69) is 25.7 Å². The van der Waals surface area contributed by atoms with E-state index in [-0.39, 0.29) is 0 Å². The number of hydrogen-bond donors (Lipinski definition) is 0. The van der Waals surface area contributed by atoms with Gasteiger partial charge in [0.2, 0.25) is 0 Å². The highest BCUT2D eigenvalue weighted by Crippen LogP contribution is 2.36. The molecular formula is C22H38O. The fraction of sp³-hybridized carbons (Fsp3) is 0.818. The summed E-state index contributed by atoms with van der Waals surface area (Å²) in [6.45, 7) is 6.87. The largest absolute Gasteiger partial charge is 0.378 e. The molecule has 0 bridgehead atoms. The molecule has 2 saturated carbocycles. The van der Waals surface area contributed by atoms with Crippen molar-refractivity contribution in [3.8, 4) is 0 Å². The van der Waals surface area contributed by atoms with Gasteiger partial charge in [-0.3, -0.25) is 0 Å². The second-order valence-corrected chi connectivity index (χ2v) is 7.79. The van der Waals surface area contributed by atoms with Gasteiger partial charge in [0.15, 0.2) is 0 Å². The number of hydrogen-bond acceptors (Lipinski definition) is 1. The highest BCUT2D eigenvalue weighted by atomic mass is 16.5. The van der Waals surface area contributed by atoms with Crippen LogP contribution in [0.2, 0.25) is 0 Å². The van der Waals surface area contributed by atoms with E-state index in [1.807, 2.05) is 6.08 Å². The Kier molecular flexibility index (Phi) is 9.04. The molecule has 2 aliphatic rings. The van der Waals surface area contributed by atoms with E-state index in [0.717, 1.165) is 30.8 Å². The second-order valence-electron chi connectivity index (χ2n) is 7.79. The van der Waals surface area contributed by atoms with Gasteiger partial charge in [-0.2, -0.15) is 0 Å². The van der Waals surface area contributed by atoms with Gasteiger partial charge < -0.3 is 4.74 Å². The molecule has 0 amide bonds. The first-order chi connectivity index (χ1) is 11.3. The maximum absolute atomic E-state index is 5.93. The predicted molar refractivity (Wildman–Crippen MR) is 101 cm³/mol. The van der Waals surface area contributed by atoms with Crippen LogP contribution in [0.3, 0.4) is 0 Å². The number of allylic oxidation sites excluding steroid dienone is 2. The molecule has 0 saturated heterocycles. The summed E-state index contributed by atoms with van der Waals surface area (Å²) in [4.78, 5) is 0. The first kappa shape index (κ1) is 18.8. The normalized spacial score (nSPS) is 32.2. The van der Waals surface area contributed by atoms with Crippen molar-refractivity contribution in [2.45, 2.75) is 90.1 Å². The Morgan fingerprint density at radius 1 is 0.913 bits per heavy atom. The topological polar surface area (TPSA) is 9.23 Å². The molecule has 0 aromatic heterocycles. The molecular weight excluding hydrogens is 280 g/mol. The monoisotopic (exact) mass is 318 g/mol. The van der Waals surface area contributed by atoms with Crippen LogP contribution in [-0.2, 0) is 4.74 Å². The first-order valence-electron chi connectivity index (χ1n) is 10.2. The Morgan fingerprint density at radius 2 is 1.52 bits per heavy atom. The van der Waals surface area contributed by atoms with Crippen LogP contribution in [-0.4, -0.2) is 12.7 Å². The molecule has 0 aromatic rings. The summed E-state index contributed by atoms with van der Waals surface area (Å²) in [5.41, 5.74) is 0. The molecule has 0 N–H and O–H groups in total. The molecule has 0 atom stereocenters. The average Bonchev–Trinajstić information content (AvgIpc) is 2.60. The van der Waals surface area contributed by atoms with Crippen molar-refractivity contribution in [2.24, 2.45) is 17.8 Å². The van der Waals surface area contributed by atoms with Crippen molar-refractivity contribution in [1.29, 1.82) is 0 Å². The fourth-order valence-electron chi connectivity index (χ4n) is 4.37. The number of rotatable bonds is 9. The Labute approximate surface area is 144 Å². The lowest BCUT2D eigenvalue weighted by Crippen LogP contribution is -2.23. The molecule has 132 valence electrons. The lowest BCUT2D eigenvalue weighted by atomic mass is 9.77. The average molecular weight is 319 g/mol. The fourth-order valence-corrected chi connectivity index (χ4v) is 4.37. The molecule has 1 heteroatoms. The van der Waals surface area contributed by atoms with Crippen molar-refractivity contribution < 1.29 is 4.74 Å². The van der Waals surface area contributed by atoms with Crippen LogP contribution in [0.1, 0.15) is 84.0 Å². The molecule has 23 heavy (non-hydrogen) atoms. The minimum absolute atomic E-state index is 0.534. The predicted octanol–water partition coefficient (Wildman–Crippen LogP) is 6.69. The summed E-state index contributed by atoms with van der Waals surface area (Å²) in [7, 11) is 0. The lowest BCUT2D eigenvalue weighted by Gasteiger charge is -2.31. The lowest BCUT2D eigenvalue weighted by molar-refractivity contribution is 0.0189. The maximum Gasteiger partial charge on any atom is 0.0575 e. The molecule has 0 aromatic carbocycles. The quantitative estimate of drug-likeness (QED) is 0.340. The van der Waals surface area contributed by atoms with Gasteiger partial charge in [0.25, 0.3) is 0 Å². The van der Waals surface area contributed by atoms with Crippen molar-refractivity contribution in [2.75, 3.05) is 6.61 Å². The van der Waals surface area contributed by atoms with Gasteiger partial charge in [-0.1, -0.05) is 38.0 Å².